The van der Waals surface area contributed by atoms with Gasteiger partial charge in [-0.3, -0.25) is 9.52 Å². The van der Waals surface area contributed by atoms with Crippen molar-refractivity contribution in [3.8, 4) is 0 Å². The van der Waals surface area contributed by atoms with E-state index in [0.717, 1.165) is 6.26 Å². The van der Waals surface area contributed by atoms with Crippen molar-refractivity contribution in [3.05, 3.63) is 46.3 Å². The lowest BCUT2D eigenvalue weighted by Crippen LogP contribution is -2.13. The molecular weight excluding hydrogens is 339 g/mol. The van der Waals surface area contributed by atoms with Crippen LogP contribution in [-0.2, 0) is 10.0 Å². The smallest absolute Gasteiger partial charge is 0.291 e. The summed E-state index contributed by atoms with van der Waals surface area (Å²) in [6.45, 7) is 0. The van der Waals surface area contributed by atoms with E-state index in [9.17, 15) is 13.2 Å². The first-order chi connectivity index (χ1) is 9.74. The molecule has 2 aromatic rings. The molecule has 6 nitrogen and oxygen atoms in total. The molecule has 0 aliphatic heterocycles. The molecule has 0 aliphatic rings. The lowest BCUT2D eigenvalue weighted by atomic mass is 10.2. The summed E-state index contributed by atoms with van der Waals surface area (Å²) in [5, 5.41) is 2.84. The molecule has 112 valence electrons. The van der Waals surface area contributed by atoms with Gasteiger partial charge in [-0.2, -0.15) is 0 Å². The van der Waals surface area contributed by atoms with Gasteiger partial charge in [0, 0.05) is 0 Å². The Hall–Kier alpha value is -1.70. The molecule has 0 atom stereocenters. The number of carbonyl (C=O) groups excluding carboxylic acids is 1. The topological polar surface area (TPSA) is 88.4 Å². The number of rotatable bonds is 4. The lowest BCUT2D eigenvalue weighted by Gasteiger charge is -2.09. The van der Waals surface area contributed by atoms with Crippen molar-refractivity contribution in [1.29, 1.82) is 0 Å². The zero-order valence-electron chi connectivity index (χ0n) is 10.7. The summed E-state index contributed by atoms with van der Waals surface area (Å²) in [5.41, 5.74) is 0.512. The number of hydrogen-bond acceptors (Lipinski definition) is 4. The Balaban J connectivity index is 2.23. The van der Waals surface area contributed by atoms with E-state index in [1.54, 1.807) is 0 Å². The van der Waals surface area contributed by atoms with Crippen LogP contribution in [0, 0.1) is 0 Å². The van der Waals surface area contributed by atoms with E-state index in [2.05, 4.69) is 10.0 Å². The summed E-state index contributed by atoms with van der Waals surface area (Å²) in [5.74, 6) is -0.544. The molecule has 9 heteroatoms. The molecule has 0 bridgehead atoms. The van der Waals surface area contributed by atoms with Crippen molar-refractivity contribution < 1.29 is 17.6 Å². The summed E-state index contributed by atoms with van der Waals surface area (Å²) in [4.78, 5) is 11.9. The second-order valence-electron chi connectivity index (χ2n) is 4.13. The molecule has 1 aromatic carbocycles. The zero-order chi connectivity index (χ0) is 15.6. The number of furan rings is 1. The third-order valence-electron chi connectivity index (χ3n) is 2.31. The number of carbonyl (C=O) groups is 1. The van der Waals surface area contributed by atoms with Crippen LogP contribution in [0.2, 0.25) is 10.2 Å². The average Bonchev–Trinajstić information content (AvgIpc) is 2.78. The van der Waals surface area contributed by atoms with E-state index in [1.165, 1.54) is 30.3 Å². The third-order valence-corrected chi connectivity index (χ3v) is 3.45. The SMILES string of the molecule is CS(=O)(=O)Nc1ccc(Cl)c(NC(=O)c2ccc(Cl)o2)c1. The van der Waals surface area contributed by atoms with Gasteiger partial charge in [0.15, 0.2) is 11.0 Å². The molecule has 0 fully saturated rings. The second-order valence-corrected chi connectivity index (χ2v) is 6.65. The van der Waals surface area contributed by atoms with Gasteiger partial charge in [0.25, 0.3) is 5.91 Å². The Morgan fingerprint density at radius 1 is 1.19 bits per heavy atom. The van der Waals surface area contributed by atoms with Crippen molar-refractivity contribution in [2.45, 2.75) is 0 Å². The minimum absolute atomic E-state index is 0.0116. The third kappa shape index (κ3) is 4.38. The summed E-state index contributed by atoms with van der Waals surface area (Å²) >= 11 is 11.5. The fourth-order valence-electron chi connectivity index (χ4n) is 1.52. The molecule has 1 amide bonds. The Kier molecular flexibility index (Phi) is 4.46. The van der Waals surface area contributed by atoms with Crippen molar-refractivity contribution in [3.63, 3.8) is 0 Å². The fraction of sp³-hybridized carbons (Fsp3) is 0.0833. The molecule has 1 aromatic heterocycles. The molecule has 2 rings (SSSR count). The largest absolute Gasteiger partial charge is 0.440 e. The number of hydrogen-bond donors (Lipinski definition) is 2. The average molecular weight is 349 g/mol. The molecule has 2 N–H and O–H groups in total. The maximum atomic E-state index is 11.9. The van der Waals surface area contributed by atoms with Crippen molar-refractivity contribution in [2.75, 3.05) is 16.3 Å². The molecule has 0 saturated carbocycles. The van der Waals surface area contributed by atoms with Crippen LogP contribution >= 0.6 is 23.2 Å². The molecule has 0 aliphatic carbocycles. The van der Waals surface area contributed by atoms with Crippen LogP contribution in [-0.4, -0.2) is 20.6 Å². The fourth-order valence-corrected chi connectivity index (χ4v) is 2.38. The Bertz CT molecular complexity index is 786. The molecule has 0 saturated heterocycles. The molecule has 0 unspecified atom stereocenters. The van der Waals surface area contributed by atoms with Crippen molar-refractivity contribution in [1.82, 2.24) is 0 Å². The summed E-state index contributed by atoms with van der Waals surface area (Å²) in [6, 6.07) is 7.16. The first-order valence-corrected chi connectivity index (χ1v) is 8.23. The highest BCUT2D eigenvalue weighted by atomic mass is 35.5. The quantitative estimate of drug-likeness (QED) is 0.887. The number of sulfonamides is 1. The van der Waals surface area contributed by atoms with Crippen LogP contribution in [0.3, 0.4) is 0 Å². The van der Waals surface area contributed by atoms with Crippen LogP contribution in [0.15, 0.2) is 34.7 Å². The molecule has 0 spiro atoms. The zero-order valence-corrected chi connectivity index (χ0v) is 13.0. The van der Waals surface area contributed by atoms with Crippen LogP contribution < -0.4 is 10.0 Å². The van der Waals surface area contributed by atoms with Gasteiger partial charge in [0.1, 0.15) is 0 Å². The summed E-state index contributed by atoms with van der Waals surface area (Å²) in [7, 11) is -3.43. The van der Waals surface area contributed by atoms with E-state index in [0.29, 0.717) is 0 Å². The highest BCUT2D eigenvalue weighted by Gasteiger charge is 2.13. The van der Waals surface area contributed by atoms with Crippen LogP contribution in [0.5, 0.6) is 0 Å². The summed E-state index contributed by atoms with van der Waals surface area (Å²) in [6.07, 6.45) is 1.02. The lowest BCUT2D eigenvalue weighted by molar-refractivity contribution is 0.0997. The van der Waals surface area contributed by atoms with E-state index >= 15 is 0 Å². The van der Waals surface area contributed by atoms with Crippen LogP contribution in [0.25, 0.3) is 0 Å². The van der Waals surface area contributed by atoms with Gasteiger partial charge >= 0.3 is 0 Å². The monoisotopic (exact) mass is 348 g/mol. The van der Waals surface area contributed by atoms with E-state index < -0.39 is 15.9 Å². The highest BCUT2D eigenvalue weighted by Crippen LogP contribution is 2.27. The van der Waals surface area contributed by atoms with Gasteiger partial charge in [-0.1, -0.05) is 11.6 Å². The predicted molar refractivity (Wildman–Crippen MR) is 81.6 cm³/mol. The van der Waals surface area contributed by atoms with Gasteiger partial charge in [-0.05, 0) is 41.9 Å². The molecular formula is C12H10Cl2N2O4S. The number of amides is 1. The number of anilines is 2. The molecule has 1 heterocycles. The van der Waals surface area contributed by atoms with Gasteiger partial charge < -0.3 is 9.73 Å². The number of benzene rings is 1. The van der Waals surface area contributed by atoms with Crippen LogP contribution in [0.1, 0.15) is 10.6 Å². The van der Waals surface area contributed by atoms with Crippen LogP contribution in [0.4, 0.5) is 11.4 Å². The summed E-state index contributed by atoms with van der Waals surface area (Å²) < 4.78 is 29.6. The number of halogens is 2. The normalized spacial score (nSPS) is 11.2. The minimum atomic E-state index is -3.43. The predicted octanol–water partition coefficient (Wildman–Crippen LogP) is 3.21. The maximum Gasteiger partial charge on any atom is 0.291 e. The van der Waals surface area contributed by atoms with Gasteiger partial charge in [0.05, 0.1) is 22.7 Å². The van der Waals surface area contributed by atoms with Gasteiger partial charge in [0.2, 0.25) is 10.0 Å². The molecule has 21 heavy (non-hydrogen) atoms. The minimum Gasteiger partial charge on any atom is -0.440 e. The van der Waals surface area contributed by atoms with E-state index in [1.807, 2.05) is 0 Å². The standard InChI is InChI=1S/C12H10Cl2N2O4S/c1-21(18,19)16-7-2-3-8(13)9(6-7)15-12(17)10-4-5-11(14)20-10/h2-6,16H,1H3,(H,15,17). The maximum absolute atomic E-state index is 11.9. The molecule has 0 radical (unpaired) electrons. The second kappa shape index (κ2) is 5.97. The van der Waals surface area contributed by atoms with E-state index in [-0.39, 0.29) is 27.4 Å². The first kappa shape index (κ1) is 15.7. The first-order valence-electron chi connectivity index (χ1n) is 5.58. The van der Waals surface area contributed by atoms with Crippen molar-refractivity contribution in [2.24, 2.45) is 0 Å². The van der Waals surface area contributed by atoms with Crippen molar-refractivity contribution >= 4 is 50.5 Å². The Morgan fingerprint density at radius 3 is 2.48 bits per heavy atom. The highest BCUT2D eigenvalue weighted by molar-refractivity contribution is 7.92. The van der Waals surface area contributed by atoms with Gasteiger partial charge in [-0.15, -0.1) is 0 Å². The Labute approximate surface area is 131 Å². The Morgan fingerprint density at radius 2 is 1.90 bits per heavy atom. The van der Waals surface area contributed by atoms with Gasteiger partial charge in [-0.25, -0.2) is 8.42 Å². The van der Waals surface area contributed by atoms with E-state index in [4.69, 9.17) is 27.6 Å². The number of nitrogens with one attached hydrogen (secondary N) is 2.